The van der Waals surface area contributed by atoms with E-state index in [1.807, 2.05) is 61.5 Å². The molecule has 1 fully saturated rings. The Bertz CT molecular complexity index is 1030. The fraction of sp³-hybridized carbons (Fsp3) is 0.321. The van der Waals surface area contributed by atoms with E-state index in [-0.39, 0.29) is 29.4 Å². The number of phenolic OH excluding ortho intramolecular Hbond substituents is 1. The number of hydrogen-bond donors (Lipinski definition) is 2. The number of nitrogens with one attached hydrogen (secondary N) is 1. The lowest BCUT2D eigenvalue weighted by Gasteiger charge is -2.38. The number of carbonyl (C=O) groups excluding carboxylic acids is 1. The molecule has 1 atom stereocenters. The van der Waals surface area contributed by atoms with Crippen molar-refractivity contribution in [2.24, 2.45) is 0 Å². The highest BCUT2D eigenvalue weighted by atomic mass is 16.5. The summed E-state index contributed by atoms with van der Waals surface area (Å²) >= 11 is 0. The fourth-order valence-electron chi connectivity index (χ4n) is 4.70. The van der Waals surface area contributed by atoms with Gasteiger partial charge < -0.3 is 15.2 Å². The summed E-state index contributed by atoms with van der Waals surface area (Å²) in [5.41, 5.74) is 3.76. The van der Waals surface area contributed by atoms with E-state index in [1.165, 1.54) is 5.56 Å². The minimum absolute atomic E-state index is 0.0124. The highest BCUT2D eigenvalue weighted by molar-refractivity contribution is 5.78. The Hall–Kier alpha value is -3.11. The summed E-state index contributed by atoms with van der Waals surface area (Å²) in [7, 11) is 0. The molecule has 32 heavy (non-hydrogen) atoms. The number of ether oxygens (including phenoxy) is 1. The number of hydrogen-bond acceptors (Lipinski definition) is 3. The third kappa shape index (κ3) is 4.86. The SMILES string of the molecule is Cc1cccc([C@@H](CC(=O)NCC2(c3ccccc3)CCOCC2)c2ccccc2)c1O. The van der Waals surface area contributed by atoms with Crippen LogP contribution in [0.25, 0.3) is 0 Å². The molecule has 4 nitrogen and oxygen atoms in total. The Labute approximate surface area is 190 Å². The minimum Gasteiger partial charge on any atom is -0.507 e. The first-order valence-corrected chi connectivity index (χ1v) is 11.3. The predicted octanol–water partition coefficient (Wildman–Crippen LogP) is 5.09. The Morgan fingerprint density at radius 2 is 1.62 bits per heavy atom. The molecule has 1 amide bonds. The van der Waals surface area contributed by atoms with Crippen LogP contribution in [0.15, 0.2) is 78.9 Å². The van der Waals surface area contributed by atoms with Crippen LogP contribution in [0.3, 0.4) is 0 Å². The third-order valence-electron chi connectivity index (χ3n) is 6.70. The van der Waals surface area contributed by atoms with Crippen molar-refractivity contribution < 1.29 is 14.6 Å². The molecule has 166 valence electrons. The topological polar surface area (TPSA) is 58.6 Å². The second-order valence-electron chi connectivity index (χ2n) is 8.72. The molecule has 1 saturated heterocycles. The van der Waals surface area contributed by atoms with Crippen molar-refractivity contribution in [1.82, 2.24) is 5.32 Å². The zero-order chi connectivity index (χ0) is 22.4. The molecule has 4 rings (SSSR count). The number of benzene rings is 3. The van der Waals surface area contributed by atoms with Gasteiger partial charge in [0.15, 0.2) is 0 Å². The molecule has 2 N–H and O–H groups in total. The third-order valence-corrected chi connectivity index (χ3v) is 6.70. The standard InChI is InChI=1S/C28H31NO3/c1-21-9-8-14-24(27(21)31)25(22-10-4-2-5-11-22)19-26(30)29-20-28(15-17-32-18-16-28)23-12-6-3-7-13-23/h2-14,25,31H,15-20H2,1H3,(H,29,30)/t25-/m0/s1. The maximum absolute atomic E-state index is 13.2. The highest BCUT2D eigenvalue weighted by Crippen LogP contribution is 2.37. The summed E-state index contributed by atoms with van der Waals surface area (Å²) in [6.07, 6.45) is 2.05. The van der Waals surface area contributed by atoms with Crippen LogP contribution in [0.1, 0.15) is 47.4 Å². The quantitative estimate of drug-likeness (QED) is 0.550. The highest BCUT2D eigenvalue weighted by Gasteiger charge is 2.35. The Morgan fingerprint density at radius 1 is 0.969 bits per heavy atom. The summed E-state index contributed by atoms with van der Waals surface area (Å²) in [6, 6.07) is 26.1. The maximum atomic E-state index is 13.2. The molecule has 0 unspecified atom stereocenters. The van der Waals surface area contributed by atoms with Crippen LogP contribution in [-0.2, 0) is 14.9 Å². The van der Waals surface area contributed by atoms with E-state index in [4.69, 9.17) is 4.74 Å². The average molecular weight is 430 g/mol. The molecule has 1 aliphatic heterocycles. The lowest BCUT2D eigenvalue weighted by atomic mass is 9.74. The lowest BCUT2D eigenvalue weighted by molar-refractivity contribution is -0.121. The van der Waals surface area contributed by atoms with E-state index >= 15 is 0 Å². The zero-order valence-electron chi connectivity index (χ0n) is 18.6. The van der Waals surface area contributed by atoms with Gasteiger partial charge in [-0.05, 0) is 36.5 Å². The van der Waals surface area contributed by atoms with E-state index < -0.39 is 0 Å². The number of phenols is 1. The predicted molar refractivity (Wildman–Crippen MR) is 127 cm³/mol. The number of aromatic hydroxyl groups is 1. The molecule has 0 aliphatic carbocycles. The summed E-state index contributed by atoms with van der Waals surface area (Å²) in [4.78, 5) is 13.2. The zero-order valence-corrected chi connectivity index (χ0v) is 18.6. The molecular weight excluding hydrogens is 398 g/mol. The van der Waals surface area contributed by atoms with Crippen molar-refractivity contribution in [2.45, 2.75) is 37.5 Å². The van der Waals surface area contributed by atoms with Crippen LogP contribution in [-0.4, -0.2) is 30.8 Å². The molecule has 4 heteroatoms. The van der Waals surface area contributed by atoms with Crippen molar-refractivity contribution in [3.63, 3.8) is 0 Å². The molecule has 1 heterocycles. The summed E-state index contributed by atoms with van der Waals surface area (Å²) in [5, 5.41) is 13.9. The van der Waals surface area contributed by atoms with Gasteiger partial charge in [0.05, 0.1) is 0 Å². The molecule has 1 aliphatic rings. The second-order valence-corrected chi connectivity index (χ2v) is 8.72. The van der Waals surface area contributed by atoms with Crippen molar-refractivity contribution in [3.05, 3.63) is 101 Å². The second kappa shape index (κ2) is 10.0. The molecule has 0 aromatic heterocycles. The van der Waals surface area contributed by atoms with Gasteiger partial charge in [-0.15, -0.1) is 0 Å². The van der Waals surface area contributed by atoms with E-state index in [0.717, 1.165) is 29.5 Å². The molecular formula is C28H31NO3. The van der Waals surface area contributed by atoms with E-state index in [9.17, 15) is 9.90 Å². The van der Waals surface area contributed by atoms with Gasteiger partial charge in [0.2, 0.25) is 5.91 Å². The van der Waals surface area contributed by atoms with Gasteiger partial charge >= 0.3 is 0 Å². The Balaban J connectivity index is 1.54. The Kier molecular flexibility index (Phi) is 6.91. The molecule has 0 bridgehead atoms. The summed E-state index contributed by atoms with van der Waals surface area (Å²) in [5.74, 6) is 0.0411. The van der Waals surface area contributed by atoms with Gasteiger partial charge in [0.25, 0.3) is 0 Å². The van der Waals surface area contributed by atoms with Crippen LogP contribution in [0.4, 0.5) is 0 Å². The minimum atomic E-state index is -0.210. The lowest BCUT2D eigenvalue weighted by Crippen LogP contribution is -2.44. The average Bonchev–Trinajstić information content (AvgIpc) is 2.85. The monoisotopic (exact) mass is 429 g/mol. The van der Waals surface area contributed by atoms with Crippen molar-refractivity contribution in [2.75, 3.05) is 19.8 Å². The number of aryl methyl sites for hydroxylation is 1. The maximum Gasteiger partial charge on any atom is 0.220 e. The number of carbonyl (C=O) groups is 1. The molecule has 3 aromatic rings. The smallest absolute Gasteiger partial charge is 0.220 e. The van der Waals surface area contributed by atoms with Crippen molar-refractivity contribution in [3.8, 4) is 5.75 Å². The van der Waals surface area contributed by atoms with Crippen molar-refractivity contribution >= 4 is 5.91 Å². The first kappa shape index (κ1) is 22.1. The Morgan fingerprint density at radius 3 is 2.31 bits per heavy atom. The molecule has 3 aromatic carbocycles. The van der Waals surface area contributed by atoms with Gasteiger partial charge in [0.1, 0.15) is 5.75 Å². The van der Waals surface area contributed by atoms with Gasteiger partial charge in [-0.3, -0.25) is 4.79 Å². The number of para-hydroxylation sites is 1. The molecule has 0 radical (unpaired) electrons. The molecule has 0 spiro atoms. The van der Waals surface area contributed by atoms with Gasteiger partial charge in [-0.2, -0.15) is 0 Å². The van der Waals surface area contributed by atoms with Crippen molar-refractivity contribution in [1.29, 1.82) is 0 Å². The summed E-state index contributed by atoms with van der Waals surface area (Å²) < 4.78 is 5.62. The van der Waals surface area contributed by atoms with Gasteiger partial charge in [-0.1, -0.05) is 78.9 Å². The van der Waals surface area contributed by atoms with Gasteiger partial charge in [-0.25, -0.2) is 0 Å². The first-order chi connectivity index (χ1) is 15.6. The van der Waals surface area contributed by atoms with E-state index in [1.54, 1.807) is 0 Å². The fourth-order valence-corrected chi connectivity index (χ4v) is 4.70. The largest absolute Gasteiger partial charge is 0.507 e. The van der Waals surface area contributed by atoms with Crippen LogP contribution in [0.5, 0.6) is 5.75 Å². The number of amides is 1. The van der Waals surface area contributed by atoms with Crippen LogP contribution in [0, 0.1) is 6.92 Å². The number of rotatable bonds is 7. The van der Waals surface area contributed by atoms with Gasteiger partial charge in [0, 0.05) is 43.1 Å². The first-order valence-electron chi connectivity index (χ1n) is 11.3. The van der Waals surface area contributed by atoms with Crippen LogP contribution >= 0.6 is 0 Å². The normalized spacial score (nSPS) is 16.3. The van der Waals surface area contributed by atoms with E-state index in [0.29, 0.717) is 19.8 Å². The summed E-state index contributed by atoms with van der Waals surface area (Å²) in [6.45, 7) is 3.87. The van der Waals surface area contributed by atoms with Crippen LogP contribution in [0.2, 0.25) is 0 Å². The molecule has 0 saturated carbocycles. The van der Waals surface area contributed by atoms with E-state index in [2.05, 4.69) is 29.6 Å². The van der Waals surface area contributed by atoms with Crippen LogP contribution < -0.4 is 5.32 Å².